The van der Waals surface area contributed by atoms with Gasteiger partial charge >= 0.3 is 0 Å². The van der Waals surface area contributed by atoms with E-state index >= 15 is 0 Å². The van der Waals surface area contributed by atoms with Gasteiger partial charge in [-0.05, 0) is 31.5 Å². The number of aryl methyl sites for hydroxylation is 2. The molecule has 1 fully saturated rings. The number of amides is 1. The predicted octanol–water partition coefficient (Wildman–Crippen LogP) is 3.34. The molecule has 0 radical (unpaired) electrons. The molecule has 22 heavy (non-hydrogen) atoms. The Kier molecular flexibility index (Phi) is 4.23. The van der Waals surface area contributed by atoms with E-state index in [1.165, 1.54) is 0 Å². The zero-order valence-corrected chi connectivity index (χ0v) is 13.5. The summed E-state index contributed by atoms with van der Waals surface area (Å²) in [5, 5.41) is 4.02. The van der Waals surface area contributed by atoms with Crippen molar-refractivity contribution < 1.29 is 9.21 Å². The average Bonchev–Trinajstić information content (AvgIpc) is 2.86. The van der Waals surface area contributed by atoms with E-state index in [0.717, 1.165) is 23.4 Å². The van der Waals surface area contributed by atoms with Crippen molar-refractivity contribution in [2.24, 2.45) is 0 Å². The van der Waals surface area contributed by atoms with E-state index < -0.39 is 0 Å². The summed E-state index contributed by atoms with van der Waals surface area (Å²) in [6, 6.07) is 9.48. The lowest BCUT2D eigenvalue weighted by Crippen LogP contribution is -2.48. The first-order valence-electron chi connectivity index (χ1n) is 7.41. The number of nitrogens with zero attached hydrogens (tertiary/aromatic N) is 1. The molecule has 0 saturated carbocycles. The Morgan fingerprint density at radius 1 is 1.36 bits per heavy atom. The molecule has 1 atom stereocenters. The molecule has 1 aliphatic heterocycles. The molecule has 5 heteroatoms. The second-order valence-electron chi connectivity index (χ2n) is 5.61. The van der Waals surface area contributed by atoms with Gasteiger partial charge in [-0.3, -0.25) is 4.79 Å². The van der Waals surface area contributed by atoms with E-state index in [1.807, 2.05) is 49.1 Å². The number of nitrogens with one attached hydrogen (secondary N) is 1. The van der Waals surface area contributed by atoms with E-state index in [1.54, 1.807) is 0 Å². The SMILES string of the molecule is Cc1cc(C)c(C(=O)N2CCNCC2c2ccccc2Cl)o1. The van der Waals surface area contributed by atoms with Crippen molar-refractivity contribution in [3.63, 3.8) is 0 Å². The summed E-state index contributed by atoms with van der Waals surface area (Å²) < 4.78 is 5.60. The van der Waals surface area contributed by atoms with Gasteiger partial charge in [-0.25, -0.2) is 0 Å². The number of rotatable bonds is 2. The van der Waals surface area contributed by atoms with Crippen LogP contribution in [-0.2, 0) is 0 Å². The molecule has 4 nitrogen and oxygen atoms in total. The van der Waals surface area contributed by atoms with Crippen LogP contribution in [0.3, 0.4) is 0 Å². The Morgan fingerprint density at radius 2 is 2.14 bits per heavy atom. The van der Waals surface area contributed by atoms with E-state index in [4.69, 9.17) is 16.0 Å². The van der Waals surface area contributed by atoms with Crippen LogP contribution >= 0.6 is 11.6 Å². The van der Waals surface area contributed by atoms with Crippen LogP contribution in [0.25, 0.3) is 0 Å². The van der Waals surface area contributed by atoms with Crippen LogP contribution in [0.1, 0.15) is 33.5 Å². The third-order valence-corrected chi connectivity index (χ3v) is 4.35. The number of halogens is 1. The first-order valence-corrected chi connectivity index (χ1v) is 7.79. The minimum absolute atomic E-state index is 0.0722. The largest absolute Gasteiger partial charge is 0.456 e. The van der Waals surface area contributed by atoms with Crippen molar-refractivity contribution in [2.45, 2.75) is 19.9 Å². The number of piperazine rings is 1. The molecule has 1 aromatic heterocycles. The minimum Gasteiger partial charge on any atom is -0.456 e. The molecule has 1 amide bonds. The Bertz CT molecular complexity index is 696. The Labute approximate surface area is 135 Å². The Balaban J connectivity index is 1.95. The Morgan fingerprint density at radius 3 is 2.82 bits per heavy atom. The van der Waals surface area contributed by atoms with Gasteiger partial charge < -0.3 is 14.6 Å². The standard InChI is InChI=1S/C17H19ClN2O2/c1-11-9-12(2)22-16(11)17(21)20-8-7-19-10-15(20)13-5-3-4-6-14(13)18/h3-6,9,15,19H,7-8,10H2,1-2H3. The molecule has 1 aromatic carbocycles. The second kappa shape index (κ2) is 6.15. The lowest BCUT2D eigenvalue weighted by Gasteiger charge is -2.36. The van der Waals surface area contributed by atoms with Crippen molar-refractivity contribution in [3.8, 4) is 0 Å². The monoisotopic (exact) mass is 318 g/mol. The highest BCUT2D eigenvalue weighted by atomic mass is 35.5. The van der Waals surface area contributed by atoms with E-state index in [2.05, 4.69) is 5.32 Å². The summed E-state index contributed by atoms with van der Waals surface area (Å²) in [4.78, 5) is 14.7. The van der Waals surface area contributed by atoms with Crippen molar-refractivity contribution in [3.05, 3.63) is 58.0 Å². The van der Waals surface area contributed by atoms with Gasteiger partial charge in [0.2, 0.25) is 0 Å². The molecule has 1 N–H and O–H groups in total. The third-order valence-electron chi connectivity index (χ3n) is 4.00. The van der Waals surface area contributed by atoms with Crippen LogP contribution in [-0.4, -0.2) is 30.4 Å². The number of carbonyl (C=O) groups is 1. The summed E-state index contributed by atoms with van der Waals surface area (Å²) in [7, 11) is 0. The highest BCUT2D eigenvalue weighted by molar-refractivity contribution is 6.31. The lowest BCUT2D eigenvalue weighted by molar-refractivity contribution is 0.0599. The van der Waals surface area contributed by atoms with Crippen molar-refractivity contribution in [2.75, 3.05) is 19.6 Å². The summed E-state index contributed by atoms with van der Waals surface area (Å²) >= 11 is 6.32. The highest BCUT2D eigenvalue weighted by Crippen LogP contribution is 2.30. The number of hydrogen-bond acceptors (Lipinski definition) is 3. The number of hydrogen-bond donors (Lipinski definition) is 1. The first kappa shape index (κ1) is 15.1. The topological polar surface area (TPSA) is 45.5 Å². The first-order chi connectivity index (χ1) is 10.6. The van der Waals surface area contributed by atoms with Crippen LogP contribution in [0.2, 0.25) is 5.02 Å². The van der Waals surface area contributed by atoms with Gasteiger partial charge in [0.1, 0.15) is 5.76 Å². The zero-order valence-electron chi connectivity index (χ0n) is 12.7. The fourth-order valence-corrected chi connectivity index (χ4v) is 3.22. The van der Waals surface area contributed by atoms with Gasteiger partial charge in [-0.1, -0.05) is 29.8 Å². The molecule has 1 unspecified atom stereocenters. The maximum absolute atomic E-state index is 12.9. The normalized spacial score (nSPS) is 18.5. The Hall–Kier alpha value is -1.78. The average molecular weight is 319 g/mol. The van der Waals surface area contributed by atoms with Crippen LogP contribution in [0.5, 0.6) is 0 Å². The molecule has 1 saturated heterocycles. The van der Waals surface area contributed by atoms with Crippen LogP contribution in [0, 0.1) is 13.8 Å². The fraction of sp³-hybridized carbons (Fsp3) is 0.353. The van der Waals surface area contributed by atoms with Gasteiger partial charge in [0.05, 0.1) is 6.04 Å². The minimum atomic E-state index is -0.0836. The van der Waals surface area contributed by atoms with E-state index in [-0.39, 0.29) is 11.9 Å². The molecule has 2 aromatic rings. The van der Waals surface area contributed by atoms with Crippen molar-refractivity contribution in [1.82, 2.24) is 10.2 Å². The predicted molar refractivity (Wildman–Crippen MR) is 86.3 cm³/mol. The molecular weight excluding hydrogens is 300 g/mol. The van der Waals surface area contributed by atoms with Crippen LogP contribution in [0.4, 0.5) is 0 Å². The summed E-state index contributed by atoms with van der Waals surface area (Å²) in [5.41, 5.74) is 1.84. The number of carbonyl (C=O) groups excluding carboxylic acids is 1. The quantitative estimate of drug-likeness (QED) is 0.923. The molecule has 3 rings (SSSR count). The summed E-state index contributed by atoms with van der Waals surface area (Å²) in [6.45, 7) is 5.84. The number of benzene rings is 1. The molecule has 0 aliphatic carbocycles. The fourth-order valence-electron chi connectivity index (χ4n) is 2.95. The van der Waals surface area contributed by atoms with Gasteiger partial charge in [0.15, 0.2) is 5.76 Å². The van der Waals surface area contributed by atoms with Gasteiger partial charge in [-0.2, -0.15) is 0 Å². The molecule has 0 bridgehead atoms. The van der Waals surface area contributed by atoms with Crippen molar-refractivity contribution >= 4 is 17.5 Å². The molecule has 116 valence electrons. The van der Waals surface area contributed by atoms with Gasteiger partial charge in [0.25, 0.3) is 5.91 Å². The zero-order chi connectivity index (χ0) is 15.7. The highest BCUT2D eigenvalue weighted by Gasteiger charge is 2.32. The molecular formula is C17H19ClN2O2. The third kappa shape index (κ3) is 2.76. The van der Waals surface area contributed by atoms with Crippen molar-refractivity contribution in [1.29, 1.82) is 0 Å². The van der Waals surface area contributed by atoms with Crippen LogP contribution in [0.15, 0.2) is 34.7 Å². The van der Waals surface area contributed by atoms with Crippen LogP contribution < -0.4 is 5.32 Å². The van der Waals surface area contributed by atoms with Gasteiger partial charge in [-0.15, -0.1) is 0 Å². The molecule has 0 spiro atoms. The van der Waals surface area contributed by atoms with Gasteiger partial charge in [0, 0.05) is 30.2 Å². The lowest BCUT2D eigenvalue weighted by atomic mass is 10.0. The van der Waals surface area contributed by atoms with E-state index in [0.29, 0.717) is 23.9 Å². The summed E-state index contributed by atoms with van der Waals surface area (Å²) in [5.74, 6) is 1.11. The summed E-state index contributed by atoms with van der Waals surface area (Å²) in [6.07, 6.45) is 0. The molecule has 2 heterocycles. The number of furan rings is 1. The second-order valence-corrected chi connectivity index (χ2v) is 6.02. The maximum atomic E-state index is 12.9. The molecule has 1 aliphatic rings. The smallest absolute Gasteiger partial charge is 0.290 e. The maximum Gasteiger partial charge on any atom is 0.290 e. The van der Waals surface area contributed by atoms with E-state index in [9.17, 15) is 4.79 Å².